The highest BCUT2D eigenvalue weighted by Crippen LogP contribution is 2.36. The van der Waals surface area contributed by atoms with Gasteiger partial charge in [-0.3, -0.25) is 0 Å². The molecule has 5 nitrogen and oxygen atoms in total. The lowest BCUT2D eigenvalue weighted by atomic mass is 9.84. The van der Waals surface area contributed by atoms with E-state index in [-0.39, 0.29) is 0 Å². The molecule has 0 aliphatic carbocycles. The fourth-order valence-corrected chi connectivity index (χ4v) is 3.05. The Kier molecular flexibility index (Phi) is 6.26. The van der Waals surface area contributed by atoms with E-state index in [1.54, 1.807) is 14.2 Å². The van der Waals surface area contributed by atoms with E-state index in [9.17, 15) is 5.11 Å². The molecule has 1 aliphatic heterocycles. The minimum Gasteiger partial charge on any atom is -0.497 e. The van der Waals surface area contributed by atoms with Crippen molar-refractivity contribution in [1.82, 2.24) is 4.90 Å². The molecule has 1 aromatic carbocycles. The third-order valence-corrected chi connectivity index (χ3v) is 4.58. The standard InChI is InChI=1S/C18H26N2O3/c1-22-16-12-15(13-17(14-16)23-2)18(21)6-10-20(11-7-18)9-5-3-4-8-19/h12-14,21H,3-7,9-11H2,1-2H3. The van der Waals surface area contributed by atoms with E-state index in [4.69, 9.17) is 14.7 Å². The van der Waals surface area contributed by atoms with Crippen LogP contribution in [0.5, 0.6) is 11.5 Å². The number of nitriles is 1. The first-order valence-electron chi connectivity index (χ1n) is 8.16. The number of hydrogen-bond donors (Lipinski definition) is 1. The van der Waals surface area contributed by atoms with Gasteiger partial charge >= 0.3 is 0 Å². The molecule has 0 aromatic heterocycles. The molecule has 0 atom stereocenters. The molecule has 1 heterocycles. The molecule has 0 bridgehead atoms. The predicted octanol–water partition coefficient (Wildman–Crippen LogP) is 2.68. The number of benzene rings is 1. The van der Waals surface area contributed by atoms with Crippen molar-refractivity contribution in [2.24, 2.45) is 0 Å². The zero-order valence-electron chi connectivity index (χ0n) is 14.0. The van der Waals surface area contributed by atoms with Crippen LogP contribution in [-0.4, -0.2) is 43.9 Å². The van der Waals surface area contributed by atoms with Crippen molar-refractivity contribution in [3.05, 3.63) is 23.8 Å². The lowest BCUT2D eigenvalue weighted by Crippen LogP contribution is -2.42. The van der Waals surface area contributed by atoms with Gasteiger partial charge < -0.3 is 19.5 Å². The molecule has 1 aliphatic rings. The molecule has 1 aromatic rings. The lowest BCUT2D eigenvalue weighted by molar-refractivity contribution is -0.0263. The second-order valence-electron chi connectivity index (χ2n) is 6.09. The van der Waals surface area contributed by atoms with Gasteiger partial charge in [-0.1, -0.05) is 0 Å². The summed E-state index contributed by atoms with van der Waals surface area (Å²) in [6.07, 6.45) is 4.01. The average Bonchev–Trinajstić information content (AvgIpc) is 2.60. The molecule has 23 heavy (non-hydrogen) atoms. The zero-order valence-corrected chi connectivity index (χ0v) is 14.0. The van der Waals surface area contributed by atoms with Crippen LogP contribution in [0.4, 0.5) is 0 Å². The van der Waals surface area contributed by atoms with E-state index < -0.39 is 5.60 Å². The summed E-state index contributed by atoms with van der Waals surface area (Å²) in [7, 11) is 3.24. The van der Waals surface area contributed by atoms with E-state index in [0.717, 1.165) is 38.0 Å². The topological polar surface area (TPSA) is 65.7 Å². The van der Waals surface area contributed by atoms with Crippen molar-refractivity contribution in [3.63, 3.8) is 0 Å². The molecular formula is C18H26N2O3. The quantitative estimate of drug-likeness (QED) is 0.783. The van der Waals surface area contributed by atoms with Crippen molar-refractivity contribution in [2.75, 3.05) is 33.9 Å². The number of ether oxygens (including phenoxy) is 2. The summed E-state index contributed by atoms with van der Waals surface area (Å²) in [5.74, 6) is 1.40. The molecule has 5 heteroatoms. The SMILES string of the molecule is COc1cc(OC)cc(C2(O)CCN(CCCCC#N)CC2)c1. The molecule has 2 rings (SSSR count). The Morgan fingerprint density at radius 3 is 2.26 bits per heavy atom. The minimum atomic E-state index is -0.828. The fraction of sp³-hybridized carbons (Fsp3) is 0.611. The summed E-state index contributed by atoms with van der Waals surface area (Å²) < 4.78 is 10.6. The highest BCUT2D eigenvalue weighted by molar-refractivity contribution is 5.41. The van der Waals surface area contributed by atoms with Gasteiger partial charge in [-0.25, -0.2) is 0 Å². The molecule has 0 saturated carbocycles. The smallest absolute Gasteiger partial charge is 0.122 e. The van der Waals surface area contributed by atoms with Crippen LogP contribution in [0.3, 0.4) is 0 Å². The summed E-state index contributed by atoms with van der Waals surface area (Å²) in [5.41, 5.74) is 0.0307. The lowest BCUT2D eigenvalue weighted by Gasteiger charge is -2.38. The first kappa shape index (κ1) is 17.6. The number of nitrogens with zero attached hydrogens (tertiary/aromatic N) is 2. The van der Waals surface area contributed by atoms with Gasteiger partial charge in [0.05, 0.1) is 25.9 Å². The summed E-state index contributed by atoms with van der Waals surface area (Å²) in [6.45, 7) is 2.73. The second kappa shape index (κ2) is 8.19. The molecule has 1 saturated heterocycles. The number of rotatable bonds is 7. The van der Waals surface area contributed by atoms with E-state index in [1.807, 2.05) is 18.2 Å². The summed E-state index contributed by atoms with van der Waals surface area (Å²) in [6, 6.07) is 7.78. The Balaban J connectivity index is 1.98. The Morgan fingerprint density at radius 2 is 1.74 bits per heavy atom. The Bertz CT molecular complexity index is 523. The molecule has 1 fully saturated rings. The molecule has 0 radical (unpaired) electrons. The van der Waals surface area contributed by atoms with Crippen molar-refractivity contribution < 1.29 is 14.6 Å². The highest BCUT2D eigenvalue weighted by atomic mass is 16.5. The number of aliphatic hydroxyl groups is 1. The monoisotopic (exact) mass is 318 g/mol. The number of methoxy groups -OCH3 is 2. The van der Waals surface area contributed by atoms with Gasteiger partial charge in [0.1, 0.15) is 11.5 Å². The van der Waals surface area contributed by atoms with Gasteiger partial charge in [-0.15, -0.1) is 0 Å². The number of hydrogen-bond acceptors (Lipinski definition) is 5. The molecular weight excluding hydrogens is 292 g/mol. The summed E-state index contributed by atoms with van der Waals surface area (Å²) >= 11 is 0. The summed E-state index contributed by atoms with van der Waals surface area (Å²) in [4.78, 5) is 2.36. The van der Waals surface area contributed by atoms with Gasteiger partial charge in [0.25, 0.3) is 0 Å². The van der Waals surface area contributed by atoms with E-state index in [0.29, 0.717) is 30.8 Å². The molecule has 0 spiro atoms. The second-order valence-corrected chi connectivity index (χ2v) is 6.09. The minimum absolute atomic E-state index is 0.626. The van der Waals surface area contributed by atoms with E-state index >= 15 is 0 Å². The van der Waals surface area contributed by atoms with Crippen LogP contribution in [0.15, 0.2) is 18.2 Å². The first-order chi connectivity index (χ1) is 11.1. The number of piperidine rings is 1. The predicted molar refractivity (Wildman–Crippen MR) is 88.6 cm³/mol. The normalized spacial score (nSPS) is 17.5. The molecule has 1 N–H and O–H groups in total. The van der Waals surface area contributed by atoms with Crippen LogP contribution in [-0.2, 0) is 5.60 Å². The van der Waals surface area contributed by atoms with Crippen molar-refractivity contribution in [1.29, 1.82) is 5.26 Å². The maximum Gasteiger partial charge on any atom is 0.122 e. The largest absolute Gasteiger partial charge is 0.497 e. The maximum atomic E-state index is 11.0. The zero-order chi connectivity index (χ0) is 16.7. The van der Waals surface area contributed by atoms with Crippen LogP contribution in [0, 0.1) is 11.3 Å². The molecule has 0 amide bonds. The van der Waals surface area contributed by atoms with Gasteiger partial charge in [0.2, 0.25) is 0 Å². The van der Waals surface area contributed by atoms with Gasteiger partial charge in [-0.05, 0) is 49.9 Å². The molecule has 126 valence electrons. The van der Waals surface area contributed by atoms with Crippen LogP contribution >= 0.6 is 0 Å². The highest BCUT2D eigenvalue weighted by Gasteiger charge is 2.34. The third-order valence-electron chi connectivity index (χ3n) is 4.58. The summed E-state index contributed by atoms with van der Waals surface area (Å²) in [5, 5.41) is 19.6. The molecule has 0 unspecified atom stereocenters. The van der Waals surface area contributed by atoms with Crippen molar-refractivity contribution >= 4 is 0 Å². The Hall–Kier alpha value is -1.77. The van der Waals surface area contributed by atoms with Gasteiger partial charge in [-0.2, -0.15) is 5.26 Å². The van der Waals surface area contributed by atoms with Gasteiger partial charge in [0.15, 0.2) is 0 Å². The Morgan fingerprint density at radius 1 is 1.13 bits per heavy atom. The van der Waals surface area contributed by atoms with Gasteiger partial charge in [0, 0.05) is 25.6 Å². The van der Waals surface area contributed by atoms with Crippen LogP contribution in [0.25, 0.3) is 0 Å². The Labute approximate surface area is 138 Å². The first-order valence-corrected chi connectivity index (χ1v) is 8.16. The van der Waals surface area contributed by atoms with E-state index in [1.165, 1.54) is 0 Å². The third kappa shape index (κ3) is 4.60. The number of unbranched alkanes of at least 4 members (excludes halogenated alkanes) is 2. The number of likely N-dealkylation sites (tertiary alicyclic amines) is 1. The van der Waals surface area contributed by atoms with Crippen LogP contribution in [0.1, 0.15) is 37.7 Å². The average molecular weight is 318 g/mol. The van der Waals surface area contributed by atoms with Crippen molar-refractivity contribution in [3.8, 4) is 17.6 Å². The van der Waals surface area contributed by atoms with E-state index in [2.05, 4.69) is 11.0 Å². The van der Waals surface area contributed by atoms with Crippen LogP contribution < -0.4 is 9.47 Å². The van der Waals surface area contributed by atoms with Crippen molar-refractivity contribution in [2.45, 2.75) is 37.7 Å². The fourth-order valence-electron chi connectivity index (χ4n) is 3.05. The maximum absolute atomic E-state index is 11.0. The van der Waals surface area contributed by atoms with Crippen LogP contribution in [0.2, 0.25) is 0 Å².